The van der Waals surface area contributed by atoms with Crippen molar-refractivity contribution in [2.24, 2.45) is 0 Å². The maximum atomic E-state index is 6.02. The highest BCUT2D eigenvalue weighted by Gasteiger charge is 2.12. The molecule has 0 saturated heterocycles. The van der Waals surface area contributed by atoms with Crippen LogP contribution in [-0.2, 0) is 6.61 Å². The summed E-state index contributed by atoms with van der Waals surface area (Å²) in [4.78, 5) is 4.62. The first-order valence-electron chi connectivity index (χ1n) is 7.36. The van der Waals surface area contributed by atoms with Crippen LogP contribution in [0.5, 0.6) is 5.75 Å². The molecule has 1 atom stereocenters. The second kappa shape index (κ2) is 7.05. The molecule has 114 valence electrons. The normalized spacial score (nSPS) is 12.7. The van der Waals surface area contributed by atoms with Crippen molar-refractivity contribution in [3.8, 4) is 5.75 Å². The Kier molecular flexibility index (Phi) is 5.37. The number of ether oxygens (including phenoxy) is 1. The molecule has 3 nitrogen and oxygen atoms in total. The molecular formula is C17H24N2OS. The van der Waals surface area contributed by atoms with Gasteiger partial charge in [0, 0.05) is 22.9 Å². The van der Waals surface area contributed by atoms with Crippen LogP contribution in [0.4, 0.5) is 0 Å². The van der Waals surface area contributed by atoms with Crippen molar-refractivity contribution < 1.29 is 4.74 Å². The maximum Gasteiger partial charge on any atom is 0.131 e. The smallest absolute Gasteiger partial charge is 0.131 e. The molecule has 1 unspecified atom stereocenters. The second-order valence-electron chi connectivity index (χ2n) is 5.67. The van der Waals surface area contributed by atoms with Gasteiger partial charge in [-0.05, 0) is 32.5 Å². The van der Waals surface area contributed by atoms with Crippen molar-refractivity contribution in [2.75, 3.05) is 7.05 Å². The quantitative estimate of drug-likeness (QED) is 0.857. The standard InChI is InChI=1S/C17H24N2OS/c1-11(2)17-19-14(10-21-17)9-20-16-8-12(3)6-7-15(16)13(4)18-5/h6-8,10-11,13,18H,9H2,1-5H3. The molecule has 0 aliphatic heterocycles. The Morgan fingerprint density at radius 1 is 1.29 bits per heavy atom. The van der Waals surface area contributed by atoms with Gasteiger partial charge in [0.2, 0.25) is 0 Å². The van der Waals surface area contributed by atoms with Crippen LogP contribution < -0.4 is 10.1 Å². The summed E-state index contributed by atoms with van der Waals surface area (Å²) in [5.41, 5.74) is 3.40. The zero-order valence-corrected chi connectivity index (χ0v) is 14.3. The highest BCUT2D eigenvalue weighted by atomic mass is 32.1. The van der Waals surface area contributed by atoms with Crippen LogP contribution in [0, 0.1) is 6.92 Å². The van der Waals surface area contributed by atoms with Crippen LogP contribution in [0.2, 0.25) is 0 Å². The Labute approximate surface area is 131 Å². The molecule has 0 radical (unpaired) electrons. The minimum atomic E-state index is 0.266. The first kappa shape index (κ1) is 16.0. The number of nitrogens with zero attached hydrogens (tertiary/aromatic N) is 1. The molecule has 2 rings (SSSR count). The molecule has 0 fully saturated rings. The van der Waals surface area contributed by atoms with E-state index in [9.17, 15) is 0 Å². The summed E-state index contributed by atoms with van der Waals surface area (Å²) in [5.74, 6) is 1.42. The van der Waals surface area contributed by atoms with Crippen molar-refractivity contribution in [3.63, 3.8) is 0 Å². The molecule has 21 heavy (non-hydrogen) atoms. The second-order valence-corrected chi connectivity index (χ2v) is 6.56. The molecule has 0 bridgehead atoms. The predicted molar refractivity (Wildman–Crippen MR) is 89.2 cm³/mol. The summed E-state index contributed by atoms with van der Waals surface area (Å²) >= 11 is 1.71. The lowest BCUT2D eigenvalue weighted by Crippen LogP contribution is -2.14. The van der Waals surface area contributed by atoms with Crippen molar-refractivity contribution >= 4 is 11.3 Å². The van der Waals surface area contributed by atoms with E-state index in [1.807, 2.05) is 7.05 Å². The van der Waals surface area contributed by atoms with Crippen molar-refractivity contribution in [1.82, 2.24) is 10.3 Å². The zero-order valence-electron chi connectivity index (χ0n) is 13.4. The van der Waals surface area contributed by atoms with Gasteiger partial charge in [-0.3, -0.25) is 0 Å². The van der Waals surface area contributed by atoms with Crippen LogP contribution >= 0.6 is 11.3 Å². The van der Waals surface area contributed by atoms with E-state index in [0.29, 0.717) is 12.5 Å². The van der Waals surface area contributed by atoms with Gasteiger partial charge < -0.3 is 10.1 Å². The molecule has 0 aliphatic carbocycles. The third-order valence-electron chi connectivity index (χ3n) is 3.51. The first-order valence-corrected chi connectivity index (χ1v) is 8.24. The molecule has 4 heteroatoms. The number of rotatable bonds is 6. The molecule has 1 aromatic carbocycles. The lowest BCUT2D eigenvalue weighted by molar-refractivity contribution is 0.296. The van der Waals surface area contributed by atoms with E-state index in [0.717, 1.165) is 11.4 Å². The molecule has 1 N–H and O–H groups in total. The number of thiazole rings is 1. The number of aryl methyl sites for hydroxylation is 1. The summed E-state index contributed by atoms with van der Waals surface area (Å²) in [5, 5.41) is 6.52. The largest absolute Gasteiger partial charge is 0.487 e. The number of hydrogen-bond acceptors (Lipinski definition) is 4. The number of benzene rings is 1. The molecule has 0 saturated carbocycles. The van der Waals surface area contributed by atoms with E-state index in [2.05, 4.69) is 61.6 Å². The topological polar surface area (TPSA) is 34.1 Å². The van der Waals surface area contributed by atoms with Crippen LogP contribution in [0.1, 0.15) is 54.6 Å². The van der Waals surface area contributed by atoms with Gasteiger partial charge in [-0.2, -0.15) is 0 Å². The average Bonchev–Trinajstić information content (AvgIpc) is 2.93. The Balaban J connectivity index is 2.13. The number of hydrogen-bond donors (Lipinski definition) is 1. The van der Waals surface area contributed by atoms with E-state index >= 15 is 0 Å². The van der Waals surface area contributed by atoms with E-state index in [4.69, 9.17) is 4.74 Å². The molecule has 1 heterocycles. The third-order valence-corrected chi connectivity index (χ3v) is 4.70. The zero-order chi connectivity index (χ0) is 15.4. The molecule has 0 aliphatic rings. The van der Waals surface area contributed by atoms with Crippen LogP contribution in [0.15, 0.2) is 23.6 Å². The predicted octanol–water partition coefficient (Wildman–Crippen LogP) is 4.43. The fourth-order valence-electron chi connectivity index (χ4n) is 2.09. The van der Waals surface area contributed by atoms with Crippen LogP contribution in [0.25, 0.3) is 0 Å². The van der Waals surface area contributed by atoms with E-state index in [1.54, 1.807) is 11.3 Å². The Morgan fingerprint density at radius 2 is 2.05 bits per heavy atom. The van der Waals surface area contributed by atoms with E-state index in [1.165, 1.54) is 16.1 Å². The Morgan fingerprint density at radius 3 is 2.67 bits per heavy atom. The lowest BCUT2D eigenvalue weighted by atomic mass is 10.1. The highest BCUT2D eigenvalue weighted by molar-refractivity contribution is 7.09. The summed E-state index contributed by atoms with van der Waals surface area (Å²) in [6.45, 7) is 9.07. The number of nitrogens with one attached hydrogen (secondary N) is 1. The average molecular weight is 304 g/mol. The first-order chi connectivity index (χ1) is 10.0. The van der Waals surface area contributed by atoms with Gasteiger partial charge in [-0.15, -0.1) is 11.3 Å². The van der Waals surface area contributed by atoms with E-state index in [-0.39, 0.29) is 6.04 Å². The fraction of sp³-hybridized carbons (Fsp3) is 0.471. The maximum absolute atomic E-state index is 6.02. The molecule has 0 amide bonds. The van der Waals surface area contributed by atoms with Crippen LogP contribution in [-0.4, -0.2) is 12.0 Å². The van der Waals surface area contributed by atoms with Crippen molar-refractivity contribution in [3.05, 3.63) is 45.4 Å². The summed E-state index contributed by atoms with van der Waals surface area (Å²) in [6.07, 6.45) is 0. The molecule has 2 aromatic rings. The SMILES string of the molecule is CNC(C)c1ccc(C)cc1OCc1csc(C(C)C)n1. The minimum absolute atomic E-state index is 0.266. The van der Waals surface area contributed by atoms with Gasteiger partial charge in [0.1, 0.15) is 12.4 Å². The summed E-state index contributed by atoms with van der Waals surface area (Å²) in [6, 6.07) is 6.61. The molecular weight excluding hydrogens is 280 g/mol. The van der Waals surface area contributed by atoms with E-state index < -0.39 is 0 Å². The van der Waals surface area contributed by atoms with Gasteiger partial charge in [-0.1, -0.05) is 26.0 Å². The van der Waals surface area contributed by atoms with Gasteiger partial charge in [-0.25, -0.2) is 4.98 Å². The Bertz CT molecular complexity index is 592. The number of aromatic nitrogens is 1. The van der Waals surface area contributed by atoms with Crippen molar-refractivity contribution in [2.45, 2.75) is 46.3 Å². The van der Waals surface area contributed by atoms with Gasteiger partial charge in [0.15, 0.2) is 0 Å². The van der Waals surface area contributed by atoms with Gasteiger partial charge >= 0.3 is 0 Å². The molecule has 1 aromatic heterocycles. The lowest BCUT2D eigenvalue weighted by Gasteiger charge is -2.16. The Hall–Kier alpha value is -1.39. The van der Waals surface area contributed by atoms with Crippen molar-refractivity contribution in [1.29, 1.82) is 0 Å². The monoisotopic (exact) mass is 304 g/mol. The highest BCUT2D eigenvalue weighted by Crippen LogP contribution is 2.27. The third kappa shape index (κ3) is 4.05. The van der Waals surface area contributed by atoms with Gasteiger partial charge in [0.25, 0.3) is 0 Å². The summed E-state index contributed by atoms with van der Waals surface area (Å²) in [7, 11) is 1.96. The molecule has 0 spiro atoms. The minimum Gasteiger partial charge on any atom is -0.487 e. The van der Waals surface area contributed by atoms with Crippen LogP contribution in [0.3, 0.4) is 0 Å². The summed E-state index contributed by atoms with van der Waals surface area (Å²) < 4.78 is 6.02. The fourth-order valence-corrected chi connectivity index (χ4v) is 2.91. The van der Waals surface area contributed by atoms with Gasteiger partial charge in [0.05, 0.1) is 10.7 Å².